The lowest BCUT2D eigenvalue weighted by molar-refractivity contribution is -0.133. The van der Waals surface area contributed by atoms with Crippen LogP contribution in [0.3, 0.4) is 0 Å². The largest absolute Gasteiger partial charge is 0.486 e. The zero-order valence-electron chi connectivity index (χ0n) is 14.1. The van der Waals surface area contributed by atoms with Crippen molar-refractivity contribution in [2.75, 3.05) is 39.4 Å². The number of fused-ring (bicyclic) bond motifs is 1. The van der Waals surface area contributed by atoms with Crippen molar-refractivity contribution in [3.8, 4) is 11.5 Å². The molecule has 0 atom stereocenters. The smallest absolute Gasteiger partial charge is 0.227 e. The predicted molar refractivity (Wildman–Crippen MR) is 89.2 cm³/mol. The van der Waals surface area contributed by atoms with Crippen LogP contribution in [-0.2, 0) is 16.0 Å². The van der Waals surface area contributed by atoms with Gasteiger partial charge in [-0.25, -0.2) is 0 Å². The Kier molecular flexibility index (Phi) is 5.23. The number of carbonyl (C=O) groups excluding carboxylic acids is 2. The van der Waals surface area contributed by atoms with Crippen molar-refractivity contribution in [3.63, 3.8) is 0 Å². The number of nitrogens with zero attached hydrogens (tertiary/aromatic N) is 2. The maximum Gasteiger partial charge on any atom is 0.227 e. The lowest BCUT2D eigenvalue weighted by Gasteiger charge is -2.22. The van der Waals surface area contributed by atoms with Crippen LogP contribution >= 0.6 is 0 Å². The van der Waals surface area contributed by atoms with Gasteiger partial charge in [-0.2, -0.15) is 0 Å². The zero-order valence-corrected chi connectivity index (χ0v) is 14.1. The summed E-state index contributed by atoms with van der Waals surface area (Å²) in [6, 6.07) is 5.66. The average molecular weight is 332 g/mol. The number of ether oxygens (including phenoxy) is 2. The normalized spacial score (nSPS) is 17.4. The molecule has 0 radical (unpaired) electrons. The number of rotatable bonds is 3. The molecule has 6 nitrogen and oxygen atoms in total. The van der Waals surface area contributed by atoms with Crippen LogP contribution in [0, 0.1) is 0 Å². The molecule has 3 rings (SSSR count). The van der Waals surface area contributed by atoms with Crippen LogP contribution in [0.25, 0.3) is 0 Å². The van der Waals surface area contributed by atoms with Crippen molar-refractivity contribution in [3.05, 3.63) is 23.8 Å². The Morgan fingerprint density at radius 2 is 1.62 bits per heavy atom. The highest BCUT2D eigenvalue weighted by Crippen LogP contribution is 2.31. The first-order valence-corrected chi connectivity index (χ1v) is 8.61. The van der Waals surface area contributed by atoms with Crippen molar-refractivity contribution in [2.45, 2.75) is 26.2 Å². The van der Waals surface area contributed by atoms with Gasteiger partial charge in [-0.15, -0.1) is 0 Å². The standard InChI is InChI=1S/C18H24N2O4/c1-2-17(21)19-6-3-7-20(9-8-19)18(22)13-14-4-5-15-16(12-14)24-11-10-23-15/h4-5,12H,2-3,6-11,13H2,1H3. The van der Waals surface area contributed by atoms with Gasteiger partial charge < -0.3 is 19.3 Å². The number of hydrogen-bond acceptors (Lipinski definition) is 4. The van der Waals surface area contributed by atoms with Crippen molar-refractivity contribution in [2.24, 2.45) is 0 Å². The molecular formula is C18H24N2O4. The Morgan fingerprint density at radius 1 is 0.958 bits per heavy atom. The molecule has 0 aliphatic carbocycles. The van der Waals surface area contributed by atoms with Crippen molar-refractivity contribution in [1.82, 2.24) is 9.80 Å². The minimum atomic E-state index is 0.0949. The second-order valence-corrected chi connectivity index (χ2v) is 6.12. The molecule has 0 bridgehead atoms. The van der Waals surface area contributed by atoms with E-state index in [4.69, 9.17) is 9.47 Å². The molecule has 6 heteroatoms. The van der Waals surface area contributed by atoms with E-state index in [1.807, 2.05) is 34.9 Å². The van der Waals surface area contributed by atoms with Crippen molar-refractivity contribution in [1.29, 1.82) is 0 Å². The van der Waals surface area contributed by atoms with Crippen LogP contribution in [0.5, 0.6) is 11.5 Å². The zero-order chi connectivity index (χ0) is 16.9. The number of amides is 2. The van der Waals surface area contributed by atoms with E-state index < -0.39 is 0 Å². The van der Waals surface area contributed by atoms with E-state index >= 15 is 0 Å². The Hall–Kier alpha value is -2.24. The number of carbonyl (C=O) groups is 2. The lowest BCUT2D eigenvalue weighted by Crippen LogP contribution is -2.37. The maximum atomic E-state index is 12.6. The van der Waals surface area contributed by atoms with Gasteiger partial charge in [0.05, 0.1) is 6.42 Å². The quantitative estimate of drug-likeness (QED) is 0.841. The fourth-order valence-corrected chi connectivity index (χ4v) is 3.12. The summed E-state index contributed by atoms with van der Waals surface area (Å²) in [5.41, 5.74) is 0.926. The molecule has 2 aliphatic heterocycles. The summed E-state index contributed by atoms with van der Waals surface area (Å²) in [6.07, 6.45) is 1.70. The molecule has 1 aromatic carbocycles. The summed E-state index contributed by atoms with van der Waals surface area (Å²) in [5.74, 6) is 1.71. The second kappa shape index (κ2) is 7.55. The molecule has 2 aliphatic rings. The summed E-state index contributed by atoms with van der Waals surface area (Å²) in [4.78, 5) is 28.1. The van der Waals surface area contributed by atoms with E-state index in [0.29, 0.717) is 51.4 Å². The van der Waals surface area contributed by atoms with E-state index in [2.05, 4.69) is 0 Å². The highest BCUT2D eigenvalue weighted by Gasteiger charge is 2.22. The summed E-state index contributed by atoms with van der Waals surface area (Å²) >= 11 is 0. The molecular weight excluding hydrogens is 308 g/mol. The SMILES string of the molecule is CCC(=O)N1CCCN(C(=O)Cc2ccc3c(c2)OCCO3)CC1. The topological polar surface area (TPSA) is 59.1 Å². The predicted octanol–water partition coefficient (Wildman–Crippen LogP) is 1.47. The molecule has 0 N–H and O–H groups in total. The third-order valence-corrected chi connectivity index (χ3v) is 4.47. The van der Waals surface area contributed by atoms with E-state index in [1.165, 1.54) is 0 Å². The molecule has 2 amide bonds. The monoisotopic (exact) mass is 332 g/mol. The van der Waals surface area contributed by atoms with E-state index in [0.717, 1.165) is 24.3 Å². The first-order valence-electron chi connectivity index (χ1n) is 8.61. The minimum absolute atomic E-state index is 0.0949. The van der Waals surface area contributed by atoms with Gasteiger partial charge >= 0.3 is 0 Å². The van der Waals surface area contributed by atoms with Crippen LogP contribution in [0.1, 0.15) is 25.3 Å². The van der Waals surface area contributed by atoms with E-state index in [-0.39, 0.29) is 11.8 Å². The second-order valence-electron chi connectivity index (χ2n) is 6.12. The van der Waals surface area contributed by atoms with Gasteiger partial charge in [-0.05, 0) is 24.1 Å². The number of hydrogen-bond donors (Lipinski definition) is 0. The van der Waals surface area contributed by atoms with Gasteiger partial charge in [-0.1, -0.05) is 13.0 Å². The molecule has 0 unspecified atom stereocenters. The fourth-order valence-electron chi connectivity index (χ4n) is 3.12. The Labute approximate surface area is 142 Å². The number of benzene rings is 1. The maximum absolute atomic E-state index is 12.6. The van der Waals surface area contributed by atoms with Crippen LogP contribution in [0.2, 0.25) is 0 Å². The minimum Gasteiger partial charge on any atom is -0.486 e. The van der Waals surface area contributed by atoms with Gasteiger partial charge in [0.15, 0.2) is 11.5 Å². The van der Waals surface area contributed by atoms with Gasteiger partial charge in [0.2, 0.25) is 11.8 Å². The van der Waals surface area contributed by atoms with Crippen LogP contribution < -0.4 is 9.47 Å². The van der Waals surface area contributed by atoms with Crippen LogP contribution in [-0.4, -0.2) is 61.0 Å². The van der Waals surface area contributed by atoms with E-state index in [9.17, 15) is 9.59 Å². The Balaban J connectivity index is 1.59. The fraction of sp³-hybridized carbons (Fsp3) is 0.556. The molecule has 1 saturated heterocycles. The summed E-state index contributed by atoms with van der Waals surface area (Å²) in [6.45, 7) is 5.65. The third kappa shape index (κ3) is 3.80. The Morgan fingerprint density at radius 3 is 2.33 bits per heavy atom. The average Bonchev–Trinajstić information content (AvgIpc) is 2.87. The van der Waals surface area contributed by atoms with Crippen molar-refractivity contribution >= 4 is 11.8 Å². The first kappa shape index (κ1) is 16.6. The highest BCUT2D eigenvalue weighted by molar-refractivity contribution is 5.79. The Bertz CT molecular complexity index is 617. The molecule has 24 heavy (non-hydrogen) atoms. The molecule has 2 heterocycles. The molecule has 0 aromatic heterocycles. The lowest BCUT2D eigenvalue weighted by atomic mass is 10.1. The highest BCUT2D eigenvalue weighted by atomic mass is 16.6. The summed E-state index contributed by atoms with van der Waals surface area (Å²) in [7, 11) is 0. The van der Waals surface area contributed by atoms with Gasteiger partial charge in [0.25, 0.3) is 0 Å². The third-order valence-electron chi connectivity index (χ3n) is 4.47. The van der Waals surface area contributed by atoms with E-state index in [1.54, 1.807) is 0 Å². The first-order chi connectivity index (χ1) is 11.7. The molecule has 130 valence electrons. The van der Waals surface area contributed by atoms with Crippen molar-refractivity contribution < 1.29 is 19.1 Å². The molecule has 0 spiro atoms. The van der Waals surface area contributed by atoms with Crippen LogP contribution in [0.15, 0.2) is 18.2 Å². The summed E-state index contributed by atoms with van der Waals surface area (Å²) < 4.78 is 11.1. The van der Waals surface area contributed by atoms with Gasteiger partial charge in [0, 0.05) is 32.6 Å². The van der Waals surface area contributed by atoms with Crippen LogP contribution in [0.4, 0.5) is 0 Å². The molecule has 1 aromatic rings. The molecule has 0 saturated carbocycles. The molecule has 1 fully saturated rings. The van der Waals surface area contributed by atoms with Gasteiger partial charge in [0.1, 0.15) is 13.2 Å². The summed E-state index contributed by atoms with van der Waals surface area (Å²) in [5, 5.41) is 0. The van der Waals surface area contributed by atoms with Gasteiger partial charge in [-0.3, -0.25) is 9.59 Å².